The summed E-state index contributed by atoms with van der Waals surface area (Å²) in [5.41, 5.74) is 0. The van der Waals surface area contributed by atoms with Crippen molar-refractivity contribution < 1.29 is 9.47 Å². The summed E-state index contributed by atoms with van der Waals surface area (Å²) in [5.74, 6) is 2.38. The Morgan fingerprint density at radius 3 is 2.87 bits per heavy atom. The molecule has 2 saturated heterocycles. The van der Waals surface area contributed by atoms with Crippen molar-refractivity contribution in [3.05, 3.63) is 12.4 Å². The summed E-state index contributed by atoms with van der Waals surface area (Å²) in [6.07, 6.45) is 6.24. The van der Waals surface area contributed by atoms with Gasteiger partial charge in [-0.1, -0.05) is 0 Å². The second kappa shape index (κ2) is 7.93. The van der Waals surface area contributed by atoms with E-state index in [4.69, 9.17) is 9.47 Å². The van der Waals surface area contributed by atoms with E-state index in [-0.39, 0.29) is 6.10 Å². The lowest BCUT2D eigenvalue weighted by molar-refractivity contribution is 0.0237. The summed E-state index contributed by atoms with van der Waals surface area (Å²) in [6.45, 7) is 4.82. The predicted octanol–water partition coefficient (Wildman–Crippen LogP) is 1.81. The highest BCUT2D eigenvalue weighted by Gasteiger charge is 2.22. The number of ether oxygens (including phenoxy) is 2. The molecule has 3 rings (SSSR count). The minimum atomic E-state index is 0.217. The summed E-state index contributed by atoms with van der Waals surface area (Å²) in [6, 6.07) is 1.99. The quantitative estimate of drug-likeness (QED) is 0.825. The molecule has 1 aromatic heterocycles. The Hall–Kier alpha value is -1.40. The number of aromatic nitrogens is 2. The molecule has 6 nitrogen and oxygen atoms in total. The van der Waals surface area contributed by atoms with E-state index in [0.717, 1.165) is 51.5 Å². The first-order chi connectivity index (χ1) is 11.2. The van der Waals surface area contributed by atoms with Crippen molar-refractivity contribution in [3.63, 3.8) is 0 Å². The van der Waals surface area contributed by atoms with Crippen LogP contribution in [0.2, 0.25) is 0 Å². The monoisotopic (exact) mass is 320 g/mol. The highest BCUT2D eigenvalue weighted by atomic mass is 16.5. The molecule has 1 aromatic rings. The highest BCUT2D eigenvalue weighted by Crippen LogP contribution is 2.24. The Morgan fingerprint density at radius 1 is 1.26 bits per heavy atom. The van der Waals surface area contributed by atoms with Crippen molar-refractivity contribution in [2.75, 3.05) is 51.8 Å². The molecule has 23 heavy (non-hydrogen) atoms. The third-order valence-electron chi connectivity index (χ3n) is 4.55. The van der Waals surface area contributed by atoms with Crippen molar-refractivity contribution >= 4 is 5.82 Å². The van der Waals surface area contributed by atoms with E-state index in [1.54, 1.807) is 6.33 Å². The summed E-state index contributed by atoms with van der Waals surface area (Å²) < 4.78 is 11.4. The van der Waals surface area contributed by atoms with Crippen molar-refractivity contribution in [3.8, 4) is 5.88 Å². The van der Waals surface area contributed by atoms with E-state index >= 15 is 0 Å². The van der Waals surface area contributed by atoms with Gasteiger partial charge in [0.25, 0.3) is 0 Å². The molecule has 0 N–H and O–H groups in total. The van der Waals surface area contributed by atoms with Crippen LogP contribution in [0.4, 0.5) is 5.82 Å². The number of rotatable bonds is 5. The van der Waals surface area contributed by atoms with Gasteiger partial charge in [0.15, 0.2) is 0 Å². The second-order valence-corrected chi connectivity index (χ2v) is 6.86. The van der Waals surface area contributed by atoms with Gasteiger partial charge in [-0.15, -0.1) is 0 Å². The van der Waals surface area contributed by atoms with Gasteiger partial charge in [-0.25, -0.2) is 9.97 Å². The van der Waals surface area contributed by atoms with Gasteiger partial charge < -0.3 is 19.3 Å². The predicted molar refractivity (Wildman–Crippen MR) is 90.0 cm³/mol. The van der Waals surface area contributed by atoms with E-state index in [1.807, 2.05) is 6.07 Å². The summed E-state index contributed by atoms with van der Waals surface area (Å²) in [7, 11) is 4.28. The molecule has 0 radical (unpaired) electrons. The van der Waals surface area contributed by atoms with Gasteiger partial charge >= 0.3 is 0 Å². The molecular formula is C17H28N4O2. The van der Waals surface area contributed by atoms with Crippen LogP contribution in [-0.4, -0.2) is 67.9 Å². The van der Waals surface area contributed by atoms with E-state index in [9.17, 15) is 0 Å². The fourth-order valence-corrected chi connectivity index (χ4v) is 3.47. The number of hydrogen-bond acceptors (Lipinski definition) is 6. The van der Waals surface area contributed by atoms with Gasteiger partial charge in [0.05, 0.1) is 13.2 Å². The van der Waals surface area contributed by atoms with Crippen LogP contribution in [0.15, 0.2) is 12.4 Å². The standard InChI is InChI=1S/C17H28N4O2/c1-20(2)11-14-4-3-7-21(12-14)16-10-17(19-13-18-16)23-15-5-8-22-9-6-15/h10,13-15H,3-9,11-12H2,1-2H3. The molecule has 0 aromatic carbocycles. The minimum absolute atomic E-state index is 0.217. The summed E-state index contributed by atoms with van der Waals surface area (Å²) >= 11 is 0. The van der Waals surface area contributed by atoms with E-state index in [2.05, 4.69) is 33.9 Å². The third-order valence-corrected chi connectivity index (χ3v) is 4.55. The number of nitrogens with zero attached hydrogens (tertiary/aromatic N) is 4. The lowest BCUT2D eigenvalue weighted by atomic mass is 9.97. The lowest BCUT2D eigenvalue weighted by Gasteiger charge is -2.34. The number of hydrogen-bond donors (Lipinski definition) is 0. The Morgan fingerprint density at radius 2 is 2.09 bits per heavy atom. The Balaban J connectivity index is 1.61. The van der Waals surface area contributed by atoms with E-state index in [0.29, 0.717) is 11.8 Å². The zero-order valence-corrected chi connectivity index (χ0v) is 14.3. The molecule has 2 aliphatic rings. The first kappa shape index (κ1) is 16.5. The van der Waals surface area contributed by atoms with Crippen LogP contribution in [0, 0.1) is 5.92 Å². The maximum absolute atomic E-state index is 6.01. The minimum Gasteiger partial charge on any atom is -0.474 e. The van der Waals surface area contributed by atoms with Crippen LogP contribution in [0.25, 0.3) is 0 Å². The normalized spacial score (nSPS) is 23.3. The lowest BCUT2D eigenvalue weighted by Crippen LogP contribution is -2.39. The van der Waals surface area contributed by atoms with Crippen LogP contribution < -0.4 is 9.64 Å². The Bertz CT molecular complexity index is 491. The van der Waals surface area contributed by atoms with Gasteiger partial charge in [-0.2, -0.15) is 0 Å². The zero-order chi connectivity index (χ0) is 16.1. The summed E-state index contributed by atoms with van der Waals surface area (Å²) in [4.78, 5) is 13.4. The molecule has 0 amide bonds. The largest absolute Gasteiger partial charge is 0.474 e. The van der Waals surface area contributed by atoms with E-state index in [1.165, 1.54) is 12.8 Å². The average Bonchev–Trinajstić information content (AvgIpc) is 2.56. The molecule has 2 fully saturated rings. The summed E-state index contributed by atoms with van der Waals surface area (Å²) in [5, 5.41) is 0. The van der Waals surface area contributed by atoms with Crippen molar-refractivity contribution in [2.45, 2.75) is 31.8 Å². The van der Waals surface area contributed by atoms with Crippen LogP contribution in [0.1, 0.15) is 25.7 Å². The smallest absolute Gasteiger partial charge is 0.218 e. The molecule has 3 heterocycles. The average molecular weight is 320 g/mol. The molecule has 1 atom stereocenters. The Kier molecular flexibility index (Phi) is 5.67. The number of anilines is 1. The number of piperidine rings is 1. The molecule has 1 unspecified atom stereocenters. The zero-order valence-electron chi connectivity index (χ0n) is 14.3. The van der Waals surface area contributed by atoms with Gasteiger partial charge in [-0.05, 0) is 32.9 Å². The molecule has 0 spiro atoms. The first-order valence-corrected chi connectivity index (χ1v) is 8.67. The molecule has 128 valence electrons. The van der Waals surface area contributed by atoms with Gasteiger partial charge in [0.1, 0.15) is 18.2 Å². The van der Waals surface area contributed by atoms with Gasteiger partial charge in [0, 0.05) is 38.5 Å². The Labute approximate surface area is 138 Å². The fraction of sp³-hybridized carbons (Fsp3) is 0.765. The van der Waals surface area contributed by atoms with Crippen molar-refractivity contribution in [1.82, 2.24) is 14.9 Å². The highest BCUT2D eigenvalue weighted by molar-refractivity contribution is 5.41. The second-order valence-electron chi connectivity index (χ2n) is 6.86. The van der Waals surface area contributed by atoms with Crippen LogP contribution in [-0.2, 0) is 4.74 Å². The maximum atomic E-state index is 6.01. The van der Waals surface area contributed by atoms with Crippen molar-refractivity contribution in [2.24, 2.45) is 5.92 Å². The molecule has 0 bridgehead atoms. The van der Waals surface area contributed by atoms with Crippen LogP contribution in [0.5, 0.6) is 5.88 Å². The third kappa shape index (κ3) is 4.78. The maximum Gasteiger partial charge on any atom is 0.218 e. The van der Waals surface area contributed by atoms with Gasteiger partial charge in [-0.3, -0.25) is 0 Å². The first-order valence-electron chi connectivity index (χ1n) is 8.67. The van der Waals surface area contributed by atoms with E-state index < -0.39 is 0 Å². The van der Waals surface area contributed by atoms with Crippen LogP contribution in [0.3, 0.4) is 0 Å². The molecule has 6 heteroatoms. The molecule has 0 aliphatic carbocycles. The topological polar surface area (TPSA) is 50.7 Å². The molecular weight excluding hydrogens is 292 g/mol. The van der Waals surface area contributed by atoms with Crippen LogP contribution >= 0.6 is 0 Å². The van der Waals surface area contributed by atoms with Crippen molar-refractivity contribution in [1.29, 1.82) is 0 Å². The molecule has 0 saturated carbocycles. The SMILES string of the molecule is CN(C)CC1CCCN(c2cc(OC3CCOCC3)ncn2)C1. The molecule has 2 aliphatic heterocycles. The fourth-order valence-electron chi connectivity index (χ4n) is 3.47. The van der Waals surface area contributed by atoms with Gasteiger partial charge in [0.2, 0.25) is 5.88 Å².